The van der Waals surface area contributed by atoms with Gasteiger partial charge >= 0.3 is 0 Å². The maximum absolute atomic E-state index is 4.29. The van der Waals surface area contributed by atoms with Crippen LogP contribution in [0.15, 0.2) is 48.7 Å². The molecule has 0 amide bonds. The van der Waals surface area contributed by atoms with Crippen LogP contribution < -0.4 is 5.32 Å². The summed E-state index contributed by atoms with van der Waals surface area (Å²) < 4.78 is 1.19. The molecule has 0 aliphatic rings. The van der Waals surface area contributed by atoms with Gasteiger partial charge < -0.3 is 5.32 Å². The fourth-order valence-corrected chi connectivity index (χ4v) is 1.99. The van der Waals surface area contributed by atoms with Crippen LogP contribution in [0.1, 0.15) is 18.5 Å². The van der Waals surface area contributed by atoms with Crippen molar-refractivity contribution in [2.24, 2.45) is 0 Å². The predicted molar refractivity (Wildman–Crippen MR) is 75.4 cm³/mol. The molecule has 1 heterocycles. The zero-order valence-electron chi connectivity index (χ0n) is 9.02. The minimum absolute atomic E-state index is 0.270. The summed E-state index contributed by atoms with van der Waals surface area (Å²) in [6.45, 7) is 2.14. The van der Waals surface area contributed by atoms with Crippen LogP contribution >= 0.6 is 22.6 Å². The molecule has 16 heavy (non-hydrogen) atoms. The summed E-state index contributed by atoms with van der Waals surface area (Å²) in [5, 5.41) is 3.38. The second-order valence-corrected chi connectivity index (χ2v) is 4.88. The van der Waals surface area contributed by atoms with E-state index in [0.29, 0.717) is 0 Å². The van der Waals surface area contributed by atoms with Gasteiger partial charge in [-0.15, -0.1) is 0 Å². The van der Waals surface area contributed by atoms with Crippen molar-refractivity contribution in [3.05, 3.63) is 57.8 Å². The average Bonchev–Trinajstić information content (AvgIpc) is 2.30. The smallest absolute Gasteiger partial charge is 0.127 e. The molecule has 3 heteroatoms. The van der Waals surface area contributed by atoms with Crippen LogP contribution in [-0.2, 0) is 0 Å². The van der Waals surface area contributed by atoms with E-state index in [4.69, 9.17) is 0 Å². The maximum atomic E-state index is 4.29. The minimum atomic E-state index is 0.270. The molecule has 0 fully saturated rings. The highest BCUT2D eigenvalue weighted by atomic mass is 127. The van der Waals surface area contributed by atoms with Crippen molar-refractivity contribution >= 4 is 28.4 Å². The van der Waals surface area contributed by atoms with E-state index in [1.54, 1.807) is 0 Å². The van der Waals surface area contributed by atoms with E-state index in [9.17, 15) is 0 Å². The van der Waals surface area contributed by atoms with E-state index in [-0.39, 0.29) is 6.04 Å². The standard InChI is InChI=1S/C13H13IN2/c1-10(11-5-3-2-4-6-11)16-13-9-12(14)7-8-15-13/h2-10H,1H3,(H,15,16)/t10-/m0/s1. The molecule has 0 bridgehead atoms. The number of nitrogens with zero attached hydrogens (tertiary/aromatic N) is 1. The monoisotopic (exact) mass is 324 g/mol. The first-order valence-corrected chi connectivity index (χ1v) is 6.26. The van der Waals surface area contributed by atoms with Gasteiger partial charge in [0.15, 0.2) is 0 Å². The van der Waals surface area contributed by atoms with Crippen LogP contribution in [0.2, 0.25) is 0 Å². The van der Waals surface area contributed by atoms with Crippen molar-refractivity contribution in [3.63, 3.8) is 0 Å². The molecule has 0 saturated carbocycles. The lowest BCUT2D eigenvalue weighted by atomic mass is 10.1. The molecule has 0 radical (unpaired) electrons. The molecule has 0 unspecified atom stereocenters. The highest BCUT2D eigenvalue weighted by Gasteiger charge is 2.04. The molecular weight excluding hydrogens is 311 g/mol. The van der Waals surface area contributed by atoms with Crippen LogP contribution in [0.25, 0.3) is 0 Å². The predicted octanol–water partition coefficient (Wildman–Crippen LogP) is 3.86. The lowest BCUT2D eigenvalue weighted by Crippen LogP contribution is -2.07. The molecule has 1 N–H and O–H groups in total. The fourth-order valence-electron chi connectivity index (χ4n) is 1.53. The summed E-state index contributed by atoms with van der Waals surface area (Å²) in [6.07, 6.45) is 1.82. The molecule has 82 valence electrons. The molecule has 2 aromatic rings. The van der Waals surface area contributed by atoms with E-state index in [2.05, 4.69) is 64.1 Å². The molecule has 0 saturated heterocycles. The van der Waals surface area contributed by atoms with E-state index in [0.717, 1.165) is 5.82 Å². The van der Waals surface area contributed by atoms with Crippen molar-refractivity contribution in [2.45, 2.75) is 13.0 Å². The molecule has 2 nitrogen and oxygen atoms in total. The van der Waals surface area contributed by atoms with E-state index < -0.39 is 0 Å². The molecule has 0 aliphatic carbocycles. The van der Waals surface area contributed by atoms with Crippen molar-refractivity contribution in [3.8, 4) is 0 Å². The Kier molecular flexibility index (Phi) is 3.77. The first-order valence-electron chi connectivity index (χ1n) is 5.19. The van der Waals surface area contributed by atoms with E-state index in [1.807, 2.05) is 24.4 Å². The Morgan fingerprint density at radius 1 is 1.19 bits per heavy atom. The number of hydrogen-bond acceptors (Lipinski definition) is 2. The summed E-state index contributed by atoms with van der Waals surface area (Å²) in [4.78, 5) is 4.29. The lowest BCUT2D eigenvalue weighted by Gasteiger charge is -2.14. The zero-order valence-corrected chi connectivity index (χ0v) is 11.2. The van der Waals surface area contributed by atoms with Gasteiger partial charge in [-0.2, -0.15) is 0 Å². The Bertz CT molecular complexity index is 456. The Labute approximate surface area is 109 Å². The summed E-state index contributed by atoms with van der Waals surface area (Å²) in [6, 6.07) is 14.7. The summed E-state index contributed by atoms with van der Waals surface area (Å²) >= 11 is 2.29. The Hall–Kier alpha value is -1.10. The second-order valence-electron chi connectivity index (χ2n) is 3.64. The maximum Gasteiger partial charge on any atom is 0.127 e. The van der Waals surface area contributed by atoms with Crippen molar-refractivity contribution in [1.82, 2.24) is 4.98 Å². The third-order valence-electron chi connectivity index (χ3n) is 2.39. The van der Waals surface area contributed by atoms with Gasteiger partial charge in [-0.3, -0.25) is 0 Å². The third kappa shape index (κ3) is 2.95. The number of hydrogen-bond donors (Lipinski definition) is 1. The summed E-state index contributed by atoms with van der Waals surface area (Å²) in [7, 11) is 0. The van der Waals surface area contributed by atoms with Crippen LogP contribution in [0.3, 0.4) is 0 Å². The number of anilines is 1. The second kappa shape index (κ2) is 5.30. The molecule has 0 aliphatic heterocycles. The first-order chi connectivity index (χ1) is 7.75. The summed E-state index contributed by atoms with van der Waals surface area (Å²) in [5.74, 6) is 0.920. The molecule has 1 aromatic carbocycles. The first kappa shape index (κ1) is 11.4. The van der Waals surface area contributed by atoms with Crippen LogP contribution in [0, 0.1) is 3.57 Å². The Balaban J connectivity index is 2.11. The SMILES string of the molecule is C[C@H](Nc1cc(I)ccn1)c1ccccc1. The molecule has 0 spiro atoms. The lowest BCUT2D eigenvalue weighted by molar-refractivity contribution is 0.874. The summed E-state index contributed by atoms with van der Waals surface area (Å²) in [5.41, 5.74) is 1.27. The normalized spacial score (nSPS) is 12.1. The van der Waals surface area contributed by atoms with Gasteiger partial charge in [0.25, 0.3) is 0 Å². The van der Waals surface area contributed by atoms with Crippen molar-refractivity contribution < 1.29 is 0 Å². The van der Waals surface area contributed by atoms with Gasteiger partial charge in [-0.05, 0) is 47.2 Å². The highest BCUT2D eigenvalue weighted by Crippen LogP contribution is 2.18. The largest absolute Gasteiger partial charge is 0.364 e. The van der Waals surface area contributed by atoms with Crippen LogP contribution in [-0.4, -0.2) is 4.98 Å². The number of halogens is 1. The van der Waals surface area contributed by atoms with Crippen molar-refractivity contribution in [1.29, 1.82) is 0 Å². The quantitative estimate of drug-likeness (QED) is 0.867. The van der Waals surface area contributed by atoms with Gasteiger partial charge in [0.2, 0.25) is 0 Å². The number of pyridine rings is 1. The average molecular weight is 324 g/mol. The van der Waals surface area contributed by atoms with Gasteiger partial charge in [0.1, 0.15) is 5.82 Å². The van der Waals surface area contributed by atoms with Gasteiger partial charge in [0, 0.05) is 15.8 Å². The van der Waals surface area contributed by atoms with E-state index >= 15 is 0 Å². The highest BCUT2D eigenvalue weighted by molar-refractivity contribution is 14.1. The third-order valence-corrected chi connectivity index (χ3v) is 3.06. The van der Waals surface area contributed by atoms with Gasteiger partial charge in [0.05, 0.1) is 0 Å². The Morgan fingerprint density at radius 2 is 1.94 bits per heavy atom. The Morgan fingerprint density at radius 3 is 2.62 bits per heavy atom. The number of benzene rings is 1. The number of nitrogens with one attached hydrogen (secondary N) is 1. The molecular formula is C13H13IN2. The van der Waals surface area contributed by atoms with Crippen molar-refractivity contribution in [2.75, 3.05) is 5.32 Å². The van der Waals surface area contributed by atoms with Gasteiger partial charge in [-0.25, -0.2) is 4.98 Å². The van der Waals surface area contributed by atoms with Gasteiger partial charge in [-0.1, -0.05) is 30.3 Å². The zero-order chi connectivity index (χ0) is 11.4. The molecule has 1 atom stereocenters. The molecule has 2 rings (SSSR count). The van der Waals surface area contributed by atoms with Crippen LogP contribution in [0.4, 0.5) is 5.82 Å². The van der Waals surface area contributed by atoms with Crippen LogP contribution in [0.5, 0.6) is 0 Å². The molecule has 1 aromatic heterocycles. The fraction of sp³-hybridized carbons (Fsp3) is 0.154. The number of rotatable bonds is 3. The number of aromatic nitrogens is 1. The minimum Gasteiger partial charge on any atom is -0.364 e. The van der Waals surface area contributed by atoms with E-state index in [1.165, 1.54) is 9.13 Å². The topological polar surface area (TPSA) is 24.9 Å².